The zero-order valence-corrected chi connectivity index (χ0v) is 14.6. The van der Waals surface area contributed by atoms with Gasteiger partial charge >= 0.3 is 0 Å². The fourth-order valence-electron chi connectivity index (χ4n) is 2.18. The standard InChI is InChI=1S/C17H17N3O2S2/c21-24(22,10-8-14-5-2-1-3-6-14)19-12-17-20-16(13-23-17)15-7-4-9-18-11-15/h1-7,9,11,13,19H,8,10,12H2. The first kappa shape index (κ1) is 16.8. The van der Waals surface area contributed by atoms with Crippen molar-refractivity contribution in [2.45, 2.75) is 13.0 Å². The van der Waals surface area contributed by atoms with Gasteiger partial charge < -0.3 is 0 Å². The molecule has 0 aliphatic rings. The largest absolute Gasteiger partial charge is 0.264 e. The molecule has 0 atom stereocenters. The molecule has 2 aromatic heterocycles. The quantitative estimate of drug-likeness (QED) is 0.704. The van der Waals surface area contributed by atoms with Crippen LogP contribution < -0.4 is 4.72 Å². The number of sulfonamides is 1. The Morgan fingerprint density at radius 2 is 1.92 bits per heavy atom. The monoisotopic (exact) mass is 359 g/mol. The van der Waals surface area contributed by atoms with Crippen molar-refractivity contribution in [1.82, 2.24) is 14.7 Å². The van der Waals surface area contributed by atoms with Crippen LogP contribution in [0.4, 0.5) is 0 Å². The summed E-state index contributed by atoms with van der Waals surface area (Å²) in [5.41, 5.74) is 2.74. The molecule has 1 aromatic carbocycles. The molecule has 24 heavy (non-hydrogen) atoms. The van der Waals surface area contributed by atoms with Crippen molar-refractivity contribution < 1.29 is 8.42 Å². The SMILES string of the molecule is O=S(=O)(CCc1ccccc1)NCc1nc(-c2cccnc2)cs1. The number of aromatic nitrogens is 2. The summed E-state index contributed by atoms with van der Waals surface area (Å²) in [4.78, 5) is 8.52. The zero-order valence-electron chi connectivity index (χ0n) is 12.9. The summed E-state index contributed by atoms with van der Waals surface area (Å²) in [5.74, 6) is 0.0673. The molecule has 2 heterocycles. The number of benzene rings is 1. The van der Waals surface area contributed by atoms with E-state index in [-0.39, 0.29) is 12.3 Å². The Kier molecular flexibility index (Phi) is 5.34. The molecule has 0 unspecified atom stereocenters. The predicted octanol–water partition coefficient (Wildman–Crippen LogP) is 2.87. The van der Waals surface area contributed by atoms with Gasteiger partial charge in [-0.05, 0) is 24.1 Å². The highest BCUT2D eigenvalue weighted by atomic mass is 32.2. The molecule has 0 spiro atoms. The summed E-state index contributed by atoms with van der Waals surface area (Å²) >= 11 is 1.43. The fourth-order valence-corrected chi connectivity index (χ4v) is 4.02. The number of nitrogens with zero attached hydrogens (tertiary/aromatic N) is 2. The average Bonchev–Trinajstić information content (AvgIpc) is 3.09. The normalized spacial score (nSPS) is 11.5. The Morgan fingerprint density at radius 3 is 2.67 bits per heavy atom. The van der Waals surface area contributed by atoms with E-state index in [1.54, 1.807) is 12.4 Å². The van der Waals surface area contributed by atoms with E-state index in [0.29, 0.717) is 6.42 Å². The van der Waals surface area contributed by atoms with E-state index >= 15 is 0 Å². The van der Waals surface area contributed by atoms with Gasteiger partial charge in [0.2, 0.25) is 10.0 Å². The second-order valence-electron chi connectivity index (χ2n) is 5.24. The van der Waals surface area contributed by atoms with Crippen LogP contribution in [0.1, 0.15) is 10.6 Å². The van der Waals surface area contributed by atoms with Gasteiger partial charge in [-0.15, -0.1) is 11.3 Å². The lowest BCUT2D eigenvalue weighted by atomic mass is 10.2. The van der Waals surface area contributed by atoms with Gasteiger partial charge in [-0.2, -0.15) is 0 Å². The van der Waals surface area contributed by atoms with Gasteiger partial charge in [0.1, 0.15) is 5.01 Å². The van der Waals surface area contributed by atoms with E-state index in [4.69, 9.17) is 0 Å². The fraction of sp³-hybridized carbons (Fsp3) is 0.176. The van der Waals surface area contributed by atoms with Crippen LogP contribution in [0.5, 0.6) is 0 Å². The summed E-state index contributed by atoms with van der Waals surface area (Å²) in [7, 11) is -3.33. The van der Waals surface area contributed by atoms with Crippen LogP contribution >= 0.6 is 11.3 Å². The third-order valence-corrected chi connectivity index (χ3v) is 5.63. The molecule has 0 bridgehead atoms. The number of nitrogens with one attached hydrogen (secondary N) is 1. The second-order valence-corrected chi connectivity index (χ2v) is 8.11. The maximum absolute atomic E-state index is 12.1. The number of rotatable bonds is 7. The molecular formula is C17H17N3O2S2. The summed E-state index contributed by atoms with van der Waals surface area (Å²) in [5, 5.41) is 2.64. The molecule has 3 rings (SSSR count). The van der Waals surface area contributed by atoms with Gasteiger partial charge in [0.25, 0.3) is 0 Å². The van der Waals surface area contributed by atoms with Crippen molar-refractivity contribution in [3.8, 4) is 11.3 Å². The molecular weight excluding hydrogens is 342 g/mol. The Balaban J connectivity index is 1.56. The molecule has 0 aliphatic carbocycles. The molecule has 0 radical (unpaired) electrons. The number of hydrogen-bond donors (Lipinski definition) is 1. The van der Waals surface area contributed by atoms with Crippen LogP contribution in [0.3, 0.4) is 0 Å². The van der Waals surface area contributed by atoms with Gasteiger partial charge in [-0.3, -0.25) is 4.98 Å². The van der Waals surface area contributed by atoms with Gasteiger partial charge in [0.05, 0.1) is 18.0 Å². The maximum Gasteiger partial charge on any atom is 0.212 e. The van der Waals surface area contributed by atoms with Crippen LogP contribution in [-0.4, -0.2) is 24.1 Å². The predicted molar refractivity (Wildman–Crippen MR) is 96.1 cm³/mol. The molecule has 0 saturated heterocycles. The maximum atomic E-state index is 12.1. The minimum absolute atomic E-state index is 0.0673. The topological polar surface area (TPSA) is 72.0 Å². The van der Waals surface area contributed by atoms with E-state index in [2.05, 4.69) is 14.7 Å². The average molecular weight is 359 g/mol. The van der Waals surface area contributed by atoms with E-state index in [1.165, 1.54) is 11.3 Å². The molecule has 1 N–H and O–H groups in total. The van der Waals surface area contributed by atoms with Crippen molar-refractivity contribution in [3.63, 3.8) is 0 Å². The van der Waals surface area contributed by atoms with E-state index in [9.17, 15) is 8.42 Å². The smallest absolute Gasteiger partial charge is 0.212 e. The number of aryl methyl sites for hydroxylation is 1. The molecule has 0 saturated carbocycles. The Labute approximate surface area is 145 Å². The lowest BCUT2D eigenvalue weighted by Gasteiger charge is -2.05. The second kappa shape index (κ2) is 7.65. The summed E-state index contributed by atoms with van der Waals surface area (Å²) in [6.45, 7) is 0.210. The van der Waals surface area contributed by atoms with Crippen molar-refractivity contribution in [1.29, 1.82) is 0 Å². The van der Waals surface area contributed by atoms with Crippen molar-refractivity contribution in [3.05, 3.63) is 70.8 Å². The third kappa shape index (κ3) is 4.70. The van der Waals surface area contributed by atoms with Crippen LogP contribution in [0.15, 0.2) is 60.2 Å². The first-order chi connectivity index (χ1) is 11.6. The van der Waals surface area contributed by atoms with Crippen LogP contribution in [0, 0.1) is 0 Å². The summed E-state index contributed by atoms with van der Waals surface area (Å²) in [6, 6.07) is 13.4. The Morgan fingerprint density at radius 1 is 1.08 bits per heavy atom. The molecule has 7 heteroatoms. The highest BCUT2D eigenvalue weighted by molar-refractivity contribution is 7.89. The molecule has 0 fully saturated rings. The number of hydrogen-bond acceptors (Lipinski definition) is 5. The van der Waals surface area contributed by atoms with Crippen molar-refractivity contribution >= 4 is 21.4 Å². The van der Waals surface area contributed by atoms with Crippen LogP contribution in [-0.2, 0) is 23.0 Å². The molecule has 124 valence electrons. The van der Waals surface area contributed by atoms with E-state index in [0.717, 1.165) is 21.8 Å². The first-order valence-electron chi connectivity index (χ1n) is 7.48. The van der Waals surface area contributed by atoms with Crippen molar-refractivity contribution in [2.75, 3.05) is 5.75 Å². The lowest BCUT2D eigenvalue weighted by Crippen LogP contribution is -2.26. The summed E-state index contributed by atoms with van der Waals surface area (Å²) in [6.07, 6.45) is 3.94. The van der Waals surface area contributed by atoms with Gasteiger partial charge in [-0.1, -0.05) is 30.3 Å². The van der Waals surface area contributed by atoms with Gasteiger partial charge in [0, 0.05) is 23.3 Å². The van der Waals surface area contributed by atoms with Gasteiger partial charge in [0.15, 0.2) is 0 Å². The minimum atomic E-state index is -3.33. The van der Waals surface area contributed by atoms with Crippen LogP contribution in [0.25, 0.3) is 11.3 Å². The van der Waals surface area contributed by atoms with Crippen molar-refractivity contribution in [2.24, 2.45) is 0 Å². The molecule has 3 aromatic rings. The van der Waals surface area contributed by atoms with Crippen LogP contribution in [0.2, 0.25) is 0 Å². The lowest BCUT2D eigenvalue weighted by molar-refractivity contribution is 0.580. The number of thiazole rings is 1. The minimum Gasteiger partial charge on any atom is -0.264 e. The molecule has 5 nitrogen and oxygen atoms in total. The van der Waals surface area contributed by atoms with E-state index < -0.39 is 10.0 Å². The Bertz CT molecular complexity index is 878. The number of pyridine rings is 1. The summed E-state index contributed by atoms with van der Waals surface area (Å²) < 4.78 is 26.8. The van der Waals surface area contributed by atoms with Gasteiger partial charge in [-0.25, -0.2) is 18.1 Å². The molecule has 0 aliphatic heterocycles. The Hall–Kier alpha value is -2.09. The highest BCUT2D eigenvalue weighted by Crippen LogP contribution is 2.20. The third-order valence-electron chi connectivity index (χ3n) is 3.45. The zero-order chi connectivity index (χ0) is 16.8. The first-order valence-corrected chi connectivity index (χ1v) is 10.0. The molecule has 0 amide bonds. The highest BCUT2D eigenvalue weighted by Gasteiger charge is 2.12. The van der Waals surface area contributed by atoms with E-state index in [1.807, 2.05) is 47.8 Å².